The van der Waals surface area contributed by atoms with Crippen LogP contribution in [0.25, 0.3) is 11.3 Å². The van der Waals surface area contributed by atoms with Gasteiger partial charge in [0.15, 0.2) is 5.76 Å². The monoisotopic (exact) mass is 320 g/mol. The van der Waals surface area contributed by atoms with Crippen LogP contribution in [0.3, 0.4) is 0 Å². The molecule has 1 heterocycles. The Morgan fingerprint density at radius 2 is 1.62 bits per heavy atom. The van der Waals surface area contributed by atoms with Crippen LogP contribution in [0.4, 0.5) is 0 Å². The van der Waals surface area contributed by atoms with E-state index in [0.717, 1.165) is 11.1 Å². The highest BCUT2D eigenvalue weighted by molar-refractivity contribution is 6.02. The Hall–Kier alpha value is -3.21. The zero-order chi connectivity index (χ0) is 16.8. The van der Waals surface area contributed by atoms with E-state index < -0.39 is 5.91 Å². The van der Waals surface area contributed by atoms with Crippen LogP contribution in [0.2, 0.25) is 0 Å². The van der Waals surface area contributed by atoms with Gasteiger partial charge in [0, 0.05) is 12.0 Å². The molecule has 0 atom stereocenters. The lowest BCUT2D eigenvalue weighted by Gasteiger charge is -2.02. The Kier molecular flexibility index (Phi) is 4.81. The van der Waals surface area contributed by atoms with Gasteiger partial charge in [-0.05, 0) is 12.0 Å². The first kappa shape index (κ1) is 15.7. The van der Waals surface area contributed by atoms with Crippen LogP contribution >= 0.6 is 0 Å². The third-order valence-corrected chi connectivity index (χ3v) is 3.49. The quantitative estimate of drug-likeness (QED) is 0.783. The molecule has 0 saturated carbocycles. The molecular formula is C19H16N2O3. The van der Waals surface area contributed by atoms with Crippen LogP contribution in [0, 0.1) is 0 Å². The summed E-state index contributed by atoms with van der Waals surface area (Å²) in [7, 11) is 0. The molecule has 0 bridgehead atoms. The SMILES string of the molecule is O=C(CCc1ccccc1)NC(=O)c1ncc(-c2ccccc2)o1. The third-order valence-electron chi connectivity index (χ3n) is 3.49. The van der Waals surface area contributed by atoms with Gasteiger partial charge in [-0.15, -0.1) is 0 Å². The highest BCUT2D eigenvalue weighted by Crippen LogP contribution is 2.19. The number of aromatic nitrogens is 1. The fraction of sp³-hybridized carbons (Fsp3) is 0.105. The van der Waals surface area contributed by atoms with Crippen molar-refractivity contribution in [3.63, 3.8) is 0 Å². The molecule has 2 aromatic carbocycles. The summed E-state index contributed by atoms with van der Waals surface area (Å²) in [5, 5.41) is 2.30. The standard InChI is InChI=1S/C19H16N2O3/c22-17(12-11-14-7-3-1-4-8-14)21-18(23)19-20-13-16(24-19)15-9-5-2-6-10-15/h1-10,13H,11-12H2,(H,21,22,23). The van der Waals surface area contributed by atoms with Gasteiger partial charge < -0.3 is 4.42 Å². The van der Waals surface area contributed by atoms with Crippen molar-refractivity contribution < 1.29 is 14.0 Å². The van der Waals surface area contributed by atoms with Gasteiger partial charge in [-0.1, -0.05) is 60.7 Å². The lowest BCUT2D eigenvalue weighted by Crippen LogP contribution is -2.30. The molecule has 0 fully saturated rings. The van der Waals surface area contributed by atoms with Gasteiger partial charge in [-0.25, -0.2) is 4.98 Å². The zero-order valence-electron chi connectivity index (χ0n) is 12.9. The fourth-order valence-corrected chi connectivity index (χ4v) is 2.26. The Balaban J connectivity index is 1.57. The van der Waals surface area contributed by atoms with Crippen molar-refractivity contribution in [2.75, 3.05) is 0 Å². The van der Waals surface area contributed by atoms with Gasteiger partial charge in [-0.2, -0.15) is 0 Å². The van der Waals surface area contributed by atoms with Gasteiger partial charge in [0.05, 0.1) is 6.20 Å². The van der Waals surface area contributed by atoms with Crippen molar-refractivity contribution in [3.8, 4) is 11.3 Å². The third kappa shape index (κ3) is 3.95. The molecule has 120 valence electrons. The number of hydrogen-bond acceptors (Lipinski definition) is 4. The summed E-state index contributed by atoms with van der Waals surface area (Å²) in [5.74, 6) is -0.627. The number of benzene rings is 2. The van der Waals surface area contributed by atoms with E-state index in [1.165, 1.54) is 6.20 Å². The Labute approximate surface area is 139 Å². The summed E-state index contributed by atoms with van der Waals surface area (Å²) >= 11 is 0. The van der Waals surface area contributed by atoms with E-state index in [-0.39, 0.29) is 18.2 Å². The van der Waals surface area contributed by atoms with E-state index in [1.54, 1.807) is 0 Å². The number of nitrogens with zero attached hydrogens (tertiary/aromatic N) is 1. The molecule has 5 nitrogen and oxygen atoms in total. The molecule has 0 aliphatic rings. The number of oxazole rings is 1. The van der Waals surface area contributed by atoms with Crippen molar-refractivity contribution in [2.24, 2.45) is 0 Å². The fourth-order valence-electron chi connectivity index (χ4n) is 2.26. The number of amides is 2. The molecule has 3 rings (SSSR count). The zero-order valence-corrected chi connectivity index (χ0v) is 12.9. The molecular weight excluding hydrogens is 304 g/mol. The molecule has 1 aromatic heterocycles. The largest absolute Gasteiger partial charge is 0.432 e. The molecule has 5 heteroatoms. The Morgan fingerprint density at radius 3 is 2.33 bits per heavy atom. The number of imide groups is 1. The minimum Gasteiger partial charge on any atom is -0.432 e. The van der Waals surface area contributed by atoms with Crippen LogP contribution in [0.1, 0.15) is 22.7 Å². The average molecular weight is 320 g/mol. The molecule has 0 unspecified atom stereocenters. The summed E-state index contributed by atoms with van der Waals surface area (Å²) in [5.41, 5.74) is 1.86. The van der Waals surface area contributed by atoms with Crippen molar-refractivity contribution in [2.45, 2.75) is 12.8 Å². The first-order valence-electron chi connectivity index (χ1n) is 7.62. The minimum absolute atomic E-state index is 0.123. The molecule has 2 amide bonds. The van der Waals surface area contributed by atoms with Gasteiger partial charge in [-0.3, -0.25) is 14.9 Å². The summed E-state index contributed by atoms with van der Waals surface area (Å²) < 4.78 is 5.42. The summed E-state index contributed by atoms with van der Waals surface area (Å²) in [6.45, 7) is 0. The van der Waals surface area contributed by atoms with E-state index in [1.807, 2.05) is 60.7 Å². The first-order valence-corrected chi connectivity index (χ1v) is 7.62. The number of aryl methyl sites for hydroxylation is 1. The van der Waals surface area contributed by atoms with Crippen LogP contribution in [-0.2, 0) is 11.2 Å². The van der Waals surface area contributed by atoms with Crippen LogP contribution in [-0.4, -0.2) is 16.8 Å². The second-order valence-corrected chi connectivity index (χ2v) is 5.26. The van der Waals surface area contributed by atoms with E-state index in [4.69, 9.17) is 4.42 Å². The lowest BCUT2D eigenvalue weighted by molar-refractivity contribution is -0.120. The highest BCUT2D eigenvalue weighted by atomic mass is 16.4. The second kappa shape index (κ2) is 7.37. The van der Waals surface area contributed by atoms with E-state index >= 15 is 0 Å². The van der Waals surface area contributed by atoms with Crippen LogP contribution in [0.15, 0.2) is 71.3 Å². The smallest absolute Gasteiger partial charge is 0.313 e. The van der Waals surface area contributed by atoms with Gasteiger partial charge in [0.25, 0.3) is 5.89 Å². The summed E-state index contributed by atoms with van der Waals surface area (Å²) in [6.07, 6.45) is 2.27. The molecule has 24 heavy (non-hydrogen) atoms. The molecule has 0 aliphatic heterocycles. The van der Waals surface area contributed by atoms with E-state index in [9.17, 15) is 9.59 Å². The highest BCUT2D eigenvalue weighted by Gasteiger charge is 2.16. The number of carbonyl (C=O) groups is 2. The molecule has 3 aromatic rings. The maximum Gasteiger partial charge on any atom is 0.313 e. The van der Waals surface area contributed by atoms with Gasteiger partial charge in [0.2, 0.25) is 5.91 Å². The van der Waals surface area contributed by atoms with Gasteiger partial charge >= 0.3 is 5.91 Å². The van der Waals surface area contributed by atoms with E-state index in [0.29, 0.717) is 12.2 Å². The number of hydrogen-bond donors (Lipinski definition) is 1. The molecule has 0 radical (unpaired) electrons. The van der Waals surface area contributed by atoms with Crippen LogP contribution < -0.4 is 5.32 Å². The summed E-state index contributed by atoms with van der Waals surface area (Å²) in [4.78, 5) is 27.8. The number of rotatable bonds is 5. The van der Waals surface area contributed by atoms with E-state index in [2.05, 4.69) is 10.3 Å². The first-order chi connectivity index (χ1) is 11.7. The maximum atomic E-state index is 12.0. The topological polar surface area (TPSA) is 72.2 Å². The molecule has 0 saturated heterocycles. The maximum absolute atomic E-state index is 12.0. The van der Waals surface area contributed by atoms with Crippen molar-refractivity contribution in [1.82, 2.24) is 10.3 Å². The second-order valence-electron chi connectivity index (χ2n) is 5.26. The molecule has 1 N–H and O–H groups in total. The van der Waals surface area contributed by atoms with Crippen molar-refractivity contribution in [3.05, 3.63) is 78.3 Å². The minimum atomic E-state index is -0.629. The summed E-state index contributed by atoms with van der Waals surface area (Å²) in [6, 6.07) is 19.0. The van der Waals surface area contributed by atoms with Crippen LogP contribution in [0.5, 0.6) is 0 Å². The Bertz CT molecular complexity index is 826. The predicted octanol–water partition coefficient (Wildman–Crippen LogP) is 3.23. The normalized spacial score (nSPS) is 10.3. The lowest BCUT2D eigenvalue weighted by atomic mass is 10.1. The predicted molar refractivity (Wildman–Crippen MR) is 89.2 cm³/mol. The average Bonchev–Trinajstić information content (AvgIpc) is 3.12. The number of carbonyl (C=O) groups excluding carboxylic acids is 2. The van der Waals surface area contributed by atoms with Crippen molar-refractivity contribution >= 4 is 11.8 Å². The molecule has 0 aliphatic carbocycles. The van der Waals surface area contributed by atoms with Crippen molar-refractivity contribution in [1.29, 1.82) is 0 Å². The van der Waals surface area contributed by atoms with Gasteiger partial charge in [0.1, 0.15) is 0 Å². The Morgan fingerprint density at radius 1 is 0.958 bits per heavy atom. The molecule has 0 spiro atoms. The number of nitrogens with one attached hydrogen (secondary N) is 1.